The molecule has 0 fully saturated rings. The third-order valence-electron chi connectivity index (χ3n) is 3.19. The summed E-state index contributed by atoms with van der Waals surface area (Å²) < 4.78 is 5.63. The fourth-order valence-electron chi connectivity index (χ4n) is 1.98. The lowest BCUT2D eigenvalue weighted by Gasteiger charge is -2.25. The summed E-state index contributed by atoms with van der Waals surface area (Å²) >= 11 is 0. The lowest BCUT2D eigenvalue weighted by molar-refractivity contribution is -0.144. The summed E-state index contributed by atoms with van der Waals surface area (Å²) in [7, 11) is 0. The van der Waals surface area contributed by atoms with Gasteiger partial charge in [0.15, 0.2) is 0 Å². The van der Waals surface area contributed by atoms with Crippen LogP contribution < -0.4 is 10.1 Å². The zero-order valence-corrected chi connectivity index (χ0v) is 11.9. The number of hydrogen-bond donors (Lipinski definition) is 2. The van der Waals surface area contributed by atoms with Gasteiger partial charge in [0.1, 0.15) is 17.9 Å². The Labute approximate surface area is 114 Å². The van der Waals surface area contributed by atoms with E-state index in [1.54, 1.807) is 6.92 Å². The molecule has 0 spiro atoms. The van der Waals surface area contributed by atoms with Gasteiger partial charge in [-0.15, -0.1) is 0 Å². The highest BCUT2D eigenvalue weighted by Crippen LogP contribution is 2.16. The van der Waals surface area contributed by atoms with Gasteiger partial charge in [0.05, 0.1) is 0 Å². The number of ether oxygens (including phenoxy) is 1. The van der Waals surface area contributed by atoms with Gasteiger partial charge >= 0.3 is 5.97 Å². The van der Waals surface area contributed by atoms with Gasteiger partial charge < -0.3 is 9.84 Å². The van der Waals surface area contributed by atoms with Crippen molar-refractivity contribution in [1.29, 1.82) is 0 Å². The van der Waals surface area contributed by atoms with Crippen LogP contribution in [-0.4, -0.2) is 29.8 Å². The summed E-state index contributed by atoms with van der Waals surface area (Å²) in [6.07, 6.45) is 1.43. The summed E-state index contributed by atoms with van der Waals surface area (Å²) in [4.78, 5) is 11.2. The van der Waals surface area contributed by atoms with E-state index in [1.807, 2.05) is 38.1 Å². The molecule has 106 valence electrons. The largest absolute Gasteiger partial charge is 0.492 e. The van der Waals surface area contributed by atoms with E-state index < -0.39 is 11.5 Å². The van der Waals surface area contributed by atoms with E-state index in [-0.39, 0.29) is 0 Å². The number of carbonyl (C=O) groups is 1. The number of carboxylic acids is 1. The fourth-order valence-corrected chi connectivity index (χ4v) is 1.98. The van der Waals surface area contributed by atoms with Gasteiger partial charge in [0, 0.05) is 6.54 Å². The van der Waals surface area contributed by atoms with Crippen LogP contribution in [0.3, 0.4) is 0 Å². The Bertz CT molecular complexity index is 420. The van der Waals surface area contributed by atoms with Crippen LogP contribution in [0.15, 0.2) is 24.3 Å². The number of benzene rings is 1. The van der Waals surface area contributed by atoms with Crippen LogP contribution in [0.5, 0.6) is 5.75 Å². The highest BCUT2D eigenvalue weighted by Gasteiger charge is 2.30. The van der Waals surface area contributed by atoms with E-state index in [4.69, 9.17) is 4.74 Å². The van der Waals surface area contributed by atoms with Gasteiger partial charge in [-0.3, -0.25) is 10.1 Å². The molecule has 0 aliphatic carbocycles. The zero-order valence-electron chi connectivity index (χ0n) is 11.9. The maximum absolute atomic E-state index is 11.2. The highest BCUT2D eigenvalue weighted by atomic mass is 16.5. The quantitative estimate of drug-likeness (QED) is 0.709. The minimum absolute atomic E-state index is 0.456. The molecule has 1 unspecified atom stereocenters. The van der Waals surface area contributed by atoms with Crippen molar-refractivity contribution in [3.05, 3.63) is 29.8 Å². The molecule has 4 nitrogen and oxygen atoms in total. The SMILES string of the molecule is CCCC(C)(NCCOc1ccccc1C)C(=O)O. The number of rotatable bonds is 8. The van der Waals surface area contributed by atoms with Crippen LogP contribution in [-0.2, 0) is 4.79 Å². The van der Waals surface area contributed by atoms with Crippen LogP contribution in [0.1, 0.15) is 32.3 Å². The first kappa shape index (κ1) is 15.5. The summed E-state index contributed by atoms with van der Waals surface area (Å²) in [5.74, 6) is 0.0297. The van der Waals surface area contributed by atoms with Gasteiger partial charge in [0.2, 0.25) is 0 Å². The fraction of sp³-hybridized carbons (Fsp3) is 0.533. The number of para-hydroxylation sites is 1. The van der Waals surface area contributed by atoms with Gasteiger partial charge in [-0.2, -0.15) is 0 Å². The molecule has 0 aromatic heterocycles. The molecule has 0 saturated carbocycles. The molecule has 19 heavy (non-hydrogen) atoms. The van der Waals surface area contributed by atoms with Crippen molar-refractivity contribution in [2.24, 2.45) is 0 Å². The molecular formula is C15H23NO3. The Morgan fingerprint density at radius 2 is 2.11 bits per heavy atom. The number of hydrogen-bond acceptors (Lipinski definition) is 3. The molecular weight excluding hydrogens is 242 g/mol. The third kappa shape index (κ3) is 4.56. The molecule has 2 N–H and O–H groups in total. The van der Waals surface area contributed by atoms with Gasteiger partial charge in [-0.25, -0.2) is 0 Å². The van der Waals surface area contributed by atoms with Crippen LogP contribution in [0, 0.1) is 6.92 Å². The van der Waals surface area contributed by atoms with Crippen molar-refractivity contribution in [2.75, 3.05) is 13.2 Å². The number of aryl methyl sites for hydroxylation is 1. The van der Waals surface area contributed by atoms with E-state index in [0.29, 0.717) is 19.6 Å². The predicted molar refractivity (Wildman–Crippen MR) is 75.6 cm³/mol. The third-order valence-corrected chi connectivity index (χ3v) is 3.19. The van der Waals surface area contributed by atoms with E-state index in [1.165, 1.54) is 0 Å². The van der Waals surface area contributed by atoms with Crippen molar-refractivity contribution >= 4 is 5.97 Å². The van der Waals surface area contributed by atoms with E-state index in [0.717, 1.165) is 17.7 Å². The molecule has 4 heteroatoms. The topological polar surface area (TPSA) is 58.6 Å². The Kier molecular flexibility index (Phi) is 5.83. The number of aliphatic carboxylic acids is 1. The molecule has 1 rings (SSSR count). The second kappa shape index (κ2) is 7.14. The smallest absolute Gasteiger partial charge is 0.323 e. The Hall–Kier alpha value is -1.55. The van der Waals surface area contributed by atoms with Crippen LogP contribution in [0.25, 0.3) is 0 Å². The second-order valence-electron chi connectivity index (χ2n) is 4.93. The number of nitrogens with one attached hydrogen (secondary N) is 1. The normalized spacial score (nSPS) is 13.8. The minimum Gasteiger partial charge on any atom is -0.492 e. The predicted octanol–water partition coefficient (Wildman–Crippen LogP) is 2.61. The monoisotopic (exact) mass is 265 g/mol. The highest BCUT2D eigenvalue weighted by molar-refractivity contribution is 5.78. The summed E-state index contributed by atoms with van der Waals surface area (Å²) in [5, 5.41) is 12.3. The molecule has 0 saturated heterocycles. The average molecular weight is 265 g/mol. The van der Waals surface area contributed by atoms with E-state index in [9.17, 15) is 9.90 Å². The molecule has 1 aromatic rings. The minimum atomic E-state index is -0.871. The Morgan fingerprint density at radius 1 is 1.42 bits per heavy atom. The lowest BCUT2D eigenvalue weighted by Crippen LogP contribution is -2.50. The van der Waals surface area contributed by atoms with Crippen LogP contribution >= 0.6 is 0 Å². The summed E-state index contributed by atoms with van der Waals surface area (Å²) in [6, 6.07) is 7.79. The molecule has 1 aromatic carbocycles. The van der Waals surface area contributed by atoms with Crippen molar-refractivity contribution in [3.8, 4) is 5.75 Å². The van der Waals surface area contributed by atoms with Crippen LogP contribution in [0.4, 0.5) is 0 Å². The average Bonchev–Trinajstić information content (AvgIpc) is 2.37. The molecule has 0 radical (unpaired) electrons. The maximum Gasteiger partial charge on any atom is 0.323 e. The summed E-state index contributed by atoms with van der Waals surface area (Å²) in [6.45, 7) is 6.65. The Morgan fingerprint density at radius 3 is 2.68 bits per heavy atom. The van der Waals surface area contributed by atoms with Gasteiger partial charge in [-0.05, 0) is 31.9 Å². The molecule has 0 amide bonds. The first-order chi connectivity index (χ1) is 8.99. The van der Waals surface area contributed by atoms with Crippen LogP contribution in [0.2, 0.25) is 0 Å². The zero-order chi connectivity index (χ0) is 14.3. The first-order valence-corrected chi connectivity index (χ1v) is 6.66. The van der Waals surface area contributed by atoms with Crippen molar-refractivity contribution < 1.29 is 14.6 Å². The Balaban J connectivity index is 2.41. The van der Waals surface area contributed by atoms with Gasteiger partial charge in [0.25, 0.3) is 0 Å². The standard InChI is InChI=1S/C15H23NO3/c1-4-9-15(3,14(17)18)16-10-11-19-13-8-6-5-7-12(13)2/h5-8,16H,4,9-11H2,1-3H3,(H,17,18). The molecule has 0 bridgehead atoms. The first-order valence-electron chi connectivity index (χ1n) is 6.66. The lowest BCUT2D eigenvalue weighted by atomic mass is 9.96. The molecule has 0 aliphatic rings. The molecule has 0 heterocycles. The molecule has 1 atom stereocenters. The van der Waals surface area contributed by atoms with Crippen molar-refractivity contribution in [1.82, 2.24) is 5.32 Å². The van der Waals surface area contributed by atoms with Gasteiger partial charge in [-0.1, -0.05) is 31.5 Å². The van der Waals surface area contributed by atoms with E-state index >= 15 is 0 Å². The van der Waals surface area contributed by atoms with Crippen molar-refractivity contribution in [3.63, 3.8) is 0 Å². The van der Waals surface area contributed by atoms with Crippen molar-refractivity contribution in [2.45, 2.75) is 39.2 Å². The number of carboxylic acid groups (broad SMARTS) is 1. The van der Waals surface area contributed by atoms with E-state index in [2.05, 4.69) is 5.32 Å². The summed E-state index contributed by atoms with van der Waals surface area (Å²) in [5.41, 5.74) is 0.209. The molecule has 0 aliphatic heterocycles. The second-order valence-corrected chi connectivity index (χ2v) is 4.93. The maximum atomic E-state index is 11.2.